The number of pyridine rings is 1. The van der Waals surface area contributed by atoms with E-state index in [1.165, 1.54) is 18.2 Å². The molecule has 0 spiro atoms. The highest BCUT2D eigenvalue weighted by Gasteiger charge is 2.15. The SMILES string of the molecule is COc1cc(C(=O)Nc2cccc(C(=O)N(C)C)c2C)ccn1. The van der Waals surface area contributed by atoms with E-state index in [0.717, 1.165) is 5.56 Å². The number of nitrogens with zero attached hydrogens (tertiary/aromatic N) is 2. The molecule has 1 heterocycles. The molecule has 0 unspecified atom stereocenters. The third kappa shape index (κ3) is 3.66. The molecule has 1 aromatic carbocycles. The summed E-state index contributed by atoms with van der Waals surface area (Å²) in [5.74, 6) is -0.0293. The van der Waals surface area contributed by atoms with E-state index in [-0.39, 0.29) is 11.8 Å². The quantitative estimate of drug-likeness (QED) is 0.940. The van der Waals surface area contributed by atoms with Gasteiger partial charge in [0, 0.05) is 43.2 Å². The average molecular weight is 313 g/mol. The molecule has 6 nitrogen and oxygen atoms in total. The number of aromatic nitrogens is 1. The van der Waals surface area contributed by atoms with Crippen LogP contribution in [0.15, 0.2) is 36.5 Å². The summed E-state index contributed by atoms with van der Waals surface area (Å²) < 4.78 is 5.01. The van der Waals surface area contributed by atoms with Gasteiger partial charge >= 0.3 is 0 Å². The molecule has 6 heteroatoms. The molecule has 0 aliphatic rings. The first-order valence-corrected chi connectivity index (χ1v) is 7.06. The Hall–Kier alpha value is -2.89. The molecule has 0 bridgehead atoms. The van der Waals surface area contributed by atoms with Crippen LogP contribution in [-0.4, -0.2) is 42.9 Å². The monoisotopic (exact) mass is 313 g/mol. The molecular formula is C17H19N3O3. The topological polar surface area (TPSA) is 71.5 Å². The van der Waals surface area contributed by atoms with E-state index in [4.69, 9.17) is 4.74 Å². The van der Waals surface area contributed by atoms with E-state index in [1.807, 2.05) is 0 Å². The van der Waals surface area contributed by atoms with Gasteiger partial charge in [0.25, 0.3) is 11.8 Å². The van der Waals surface area contributed by atoms with Crippen LogP contribution in [0.3, 0.4) is 0 Å². The van der Waals surface area contributed by atoms with Gasteiger partial charge in [0.2, 0.25) is 5.88 Å². The second-order valence-electron chi connectivity index (χ2n) is 5.22. The van der Waals surface area contributed by atoms with Crippen LogP contribution in [0.25, 0.3) is 0 Å². The molecule has 1 aromatic heterocycles. The Bertz CT molecular complexity index is 742. The van der Waals surface area contributed by atoms with Crippen LogP contribution in [0.5, 0.6) is 5.88 Å². The minimum absolute atomic E-state index is 0.107. The predicted molar refractivity (Wildman–Crippen MR) is 87.9 cm³/mol. The lowest BCUT2D eigenvalue weighted by Gasteiger charge is -2.15. The van der Waals surface area contributed by atoms with Gasteiger partial charge in [-0.15, -0.1) is 0 Å². The minimum atomic E-state index is -0.289. The van der Waals surface area contributed by atoms with Crippen molar-refractivity contribution < 1.29 is 14.3 Å². The van der Waals surface area contributed by atoms with Crippen LogP contribution in [-0.2, 0) is 0 Å². The number of rotatable bonds is 4. The molecule has 23 heavy (non-hydrogen) atoms. The number of methoxy groups -OCH3 is 1. The van der Waals surface area contributed by atoms with Gasteiger partial charge in [0.1, 0.15) is 0 Å². The first-order valence-electron chi connectivity index (χ1n) is 7.06. The Kier molecular flexibility index (Phi) is 4.95. The number of hydrogen-bond donors (Lipinski definition) is 1. The molecule has 2 rings (SSSR count). The highest BCUT2D eigenvalue weighted by molar-refractivity contribution is 6.06. The fourth-order valence-corrected chi connectivity index (χ4v) is 2.10. The third-order valence-electron chi connectivity index (χ3n) is 3.42. The predicted octanol–water partition coefficient (Wildman–Crippen LogP) is 2.35. The fraction of sp³-hybridized carbons (Fsp3) is 0.235. The number of hydrogen-bond acceptors (Lipinski definition) is 4. The summed E-state index contributed by atoms with van der Waals surface area (Å²) >= 11 is 0. The number of ether oxygens (including phenoxy) is 1. The lowest BCUT2D eigenvalue weighted by Crippen LogP contribution is -2.23. The number of carbonyl (C=O) groups excluding carboxylic acids is 2. The van der Waals surface area contributed by atoms with Gasteiger partial charge in [-0.3, -0.25) is 9.59 Å². The average Bonchev–Trinajstić information content (AvgIpc) is 2.56. The zero-order chi connectivity index (χ0) is 17.0. The van der Waals surface area contributed by atoms with Gasteiger partial charge in [-0.2, -0.15) is 0 Å². The van der Waals surface area contributed by atoms with E-state index in [2.05, 4.69) is 10.3 Å². The van der Waals surface area contributed by atoms with Crippen molar-refractivity contribution in [3.05, 3.63) is 53.2 Å². The van der Waals surface area contributed by atoms with Gasteiger partial charge in [0.05, 0.1) is 7.11 Å². The second-order valence-corrected chi connectivity index (χ2v) is 5.22. The Balaban J connectivity index is 2.28. The van der Waals surface area contributed by atoms with Crippen molar-refractivity contribution in [1.82, 2.24) is 9.88 Å². The van der Waals surface area contributed by atoms with Gasteiger partial charge in [-0.25, -0.2) is 4.98 Å². The molecule has 0 saturated heterocycles. The summed E-state index contributed by atoms with van der Waals surface area (Å²) in [5.41, 5.74) is 2.31. The number of nitrogens with one attached hydrogen (secondary N) is 1. The molecule has 120 valence electrons. The molecule has 1 N–H and O–H groups in total. The molecule has 2 aromatic rings. The normalized spacial score (nSPS) is 10.1. The van der Waals surface area contributed by atoms with Gasteiger partial charge in [-0.1, -0.05) is 6.07 Å². The van der Waals surface area contributed by atoms with E-state index >= 15 is 0 Å². The standard InChI is InChI=1S/C17H19N3O3/c1-11-13(17(22)20(2)3)6-5-7-14(11)19-16(21)12-8-9-18-15(10-12)23-4/h5-10H,1-4H3,(H,19,21). The van der Waals surface area contributed by atoms with Gasteiger partial charge in [-0.05, 0) is 30.7 Å². The highest BCUT2D eigenvalue weighted by Crippen LogP contribution is 2.21. The third-order valence-corrected chi connectivity index (χ3v) is 3.42. The lowest BCUT2D eigenvalue weighted by molar-refractivity contribution is 0.0826. The summed E-state index contributed by atoms with van der Waals surface area (Å²) in [5, 5.41) is 2.82. The van der Waals surface area contributed by atoms with E-state index in [1.54, 1.807) is 51.4 Å². The van der Waals surface area contributed by atoms with Crippen LogP contribution < -0.4 is 10.1 Å². The summed E-state index contributed by atoms with van der Waals surface area (Å²) in [6, 6.07) is 8.40. The number of carbonyl (C=O) groups is 2. The zero-order valence-electron chi connectivity index (χ0n) is 13.6. The van der Waals surface area contributed by atoms with Crippen molar-refractivity contribution in [2.24, 2.45) is 0 Å². The first kappa shape index (κ1) is 16.5. The molecular weight excluding hydrogens is 294 g/mol. The van der Waals surface area contributed by atoms with Gasteiger partial charge < -0.3 is 15.0 Å². The zero-order valence-corrected chi connectivity index (χ0v) is 13.6. The lowest BCUT2D eigenvalue weighted by atomic mass is 10.1. The van der Waals surface area contributed by atoms with Crippen LogP contribution in [0.2, 0.25) is 0 Å². The van der Waals surface area contributed by atoms with Gasteiger partial charge in [0.15, 0.2) is 0 Å². The molecule has 0 aliphatic carbocycles. The fourth-order valence-electron chi connectivity index (χ4n) is 2.10. The van der Waals surface area contributed by atoms with Crippen LogP contribution in [0, 0.1) is 6.92 Å². The Morgan fingerprint density at radius 2 is 1.96 bits per heavy atom. The Labute approximate surface area is 135 Å². The second kappa shape index (κ2) is 6.91. The summed E-state index contributed by atoms with van der Waals surface area (Å²) in [6.07, 6.45) is 1.51. The smallest absolute Gasteiger partial charge is 0.255 e. The van der Waals surface area contributed by atoms with E-state index in [0.29, 0.717) is 22.7 Å². The van der Waals surface area contributed by atoms with Crippen molar-refractivity contribution >= 4 is 17.5 Å². The summed E-state index contributed by atoms with van der Waals surface area (Å²) in [4.78, 5) is 30.0. The number of benzene rings is 1. The Morgan fingerprint density at radius 1 is 1.22 bits per heavy atom. The molecule has 0 radical (unpaired) electrons. The van der Waals surface area contributed by atoms with Crippen molar-refractivity contribution in [3.63, 3.8) is 0 Å². The van der Waals surface area contributed by atoms with Crippen molar-refractivity contribution in [2.75, 3.05) is 26.5 Å². The van der Waals surface area contributed by atoms with Crippen molar-refractivity contribution in [2.45, 2.75) is 6.92 Å². The van der Waals surface area contributed by atoms with E-state index < -0.39 is 0 Å². The largest absolute Gasteiger partial charge is 0.481 e. The molecule has 0 saturated carbocycles. The maximum absolute atomic E-state index is 12.4. The molecule has 0 aliphatic heterocycles. The highest BCUT2D eigenvalue weighted by atomic mass is 16.5. The minimum Gasteiger partial charge on any atom is -0.481 e. The molecule has 2 amide bonds. The van der Waals surface area contributed by atoms with Crippen LogP contribution in [0.4, 0.5) is 5.69 Å². The van der Waals surface area contributed by atoms with E-state index in [9.17, 15) is 9.59 Å². The van der Waals surface area contributed by atoms with Crippen molar-refractivity contribution in [3.8, 4) is 5.88 Å². The summed E-state index contributed by atoms with van der Waals surface area (Å²) in [6.45, 7) is 1.81. The molecule has 0 fully saturated rings. The first-order chi connectivity index (χ1) is 10.9. The number of amides is 2. The van der Waals surface area contributed by atoms with Crippen LogP contribution in [0.1, 0.15) is 26.3 Å². The maximum atomic E-state index is 12.4. The number of anilines is 1. The molecule has 0 atom stereocenters. The van der Waals surface area contributed by atoms with Crippen molar-refractivity contribution in [1.29, 1.82) is 0 Å². The summed E-state index contributed by atoms with van der Waals surface area (Å²) in [7, 11) is 4.87. The van der Waals surface area contributed by atoms with Crippen LogP contribution >= 0.6 is 0 Å². The maximum Gasteiger partial charge on any atom is 0.255 e. The Morgan fingerprint density at radius 3 is 2.61 bits per heavy atom.